The van der Waals surface area contributed by atoms with Gasteiger partial charge in [-0.05, 0) is 24.3 Å². The molecule has 0 atom stereocenters. The molecule has 24 heavy (non-hydrogen) atoms. The van der Waals surface area contributed by atoms with Crippen molar-refractivity contribution in [1.29, 1.82) is 0 Å². The Morgan fingerprint density at radius 1 is 1.04 bits per heavy atom. The monoisotopic (exact) mass is 372 g/mol. The van der Waals surface area contributed by atoms with Crippen molar-refractivity contribution in [3.05, 3.63) is 58.1 Å². The molecule has 126 valence electrons. The van der Waals surface area contributed by atoms with E-state index in [0.29, 0.717) is 0 Å². The fourth-order valence-electron chi connectivity index (χ4n) is 2.03. The highest BCUT2D eigenvalue weighted by Gasteiger charge is 2.22. The van der Waals surface area contributed by atoms with E-state index in [9.17, 15) is 18.4 Å². The highest BCUT2D eigenvalue weighted by molar-refractivity contribution is 6.40. The summed E-state index contributed by atoms with van der Waals surface area (Å²) in [6.45, 7) is 0.711. The van der Waals surface area contributed by atoms with E-state index < -0.39 is 35.7 Å². The summed E-state index contributed by atoms with van der Waals surface area (Å²) in [5.41, 5.74) is -0.436. The van der Waals surface area contributed by atoms with Crippen molar-refractivity contribution in [3.63, 3.8) is 0 Å². The van der Waals surface area contributed by atoms with Crippen LogP contribution in [-0.2, 0) is 9.59 Å². The number of nitrogens with one attached hydrogen (secondary N) is 1. The molecule has 2 aromatic carbocycles. The van der Waals surface area contributed by atoms with Gasteiger partial charge in [-0.3, -0.25) is 9.59 Å². The average molecular weight is 373 g/mol. The number of halogens is 4. The first-order valence-corrected chi connectivity index (χ1v) is 7.53. The molecule has 1 N–H and O–H groups in total. The SMILES string of the molecule is CC(=O)N(CC(=O)Nc1c(F)cccc1F)c1c(Cl)cccc1Cl. The van der Waals surface area contributed by atoms with Gasteiger partial charge in [0, 0.05) is 6.92 Å². The van der Waals surface area contributed by atoms with Crippen LogP contribution in [-0.4, -0.2) is 18.4 Å². The van der Waals surface area contributed by atoms with Crippen molar-refractivity contribution in [2.45, 2.75) is 6.92 Å². The number of anilines is 2. The molecular formula is C16H12Cl2F2N2O2. The van der Waals surface area contributed by atoms with Gasteiger partial charge < -0.3 is 10.2 Å². The Morgan fingerprint density at radius 3 is 2.04 bits per heavy atom. The predicted molar refractivity (Wildman–Crippen MR) is 89.5 cm³/mol. The Hall–Kier alpha value is -2.18. The van der Waals surface area contributed by atoms with E-state index >= 15 is 0 Å². The molecule has 0 aromatic heterocycles. The number of carbonyl (C=O) groups excluding carboxylic acids is 2. The number of hydrogen-bond acceptors (Lipinski definition) is 2. The number of rotatable bonds is 4. The minimum absolute atomic E-state index is 0.150. The lowest BCUT2D eigenvalue weighted by Gasteiger charge is -2.23. The Kier molecular flexibility index (Phi) is 5.75. The predicted octanol–water partition coefficient (Wildman–Crippen LogP) is 4.26. The van der Waals surface area contributed by atoms with Crippen LogP contribution in [0.2, 0.25) is 10.0 Å². The fourth-order valence-corrected chi connectivity index (χ4v) is 2.64. The maximum absolute atomic E-state index is 13.6. The van der Waals surface area contributed by atoms with Crippen LogP contribution < -0.4 is 10.2 Å². The first-order chi connectivity index (χ1) is 11.3. The van der Waals surface area contributed by atoms with E-state index in [1.807, 2.05) is 0 Å². The molecule has 0 heterocycles. The summed E-state index contributed by atoms with van der Waals surface area (Å²) in [4.78, 5) is 25.0. The van der Waals surface area contributed by atoms with E-state index in [1.54, 1.807) is 6.07 Å². The third kappa shape index (κ3) is 4.01. The van der Waals surface area contributed by atoms with Crippen molar-refractivity contribution in [2.24, 2.45) is 0 Å². The second-order valence-corrected chi connectivity index (χ2v) is 5.63. The van der Waals surface area contributed by atoms with Gasteiger partial charge >= 0.3 is 0 Å². The molecule has 0 aliphatic carbocycles. The van der Waals surface area contributed by atoms with Crippen molar-refractivity contribution in [3.8, 4) is 0 Å². The lowest BCUT2D eigenvalue weighted by molar-refractivity contribution is -0.120. The van der Waals surface area contributed by atoms with Crippen LogP contribution in [0.3, 0.4) is 0 Å². The van der Waals surface area contributed by atoms with Crippen LogP contribution in [0.25, 0.3) is 0 Å². The lowest BCUT2D eigenvalue weighted by Crippen LogP contribution is -2.37. The van der Waals surface area contributed by atoms with Crippen molar-refractivity contribution in [2.75, 3.05) is 16.8 Å². The summed E-state index contributed by atoms with van der Waals surface area (Å²) < 4.78 is 27.2. The molecule has 0 saturated carbocycles. The van der Waals surface area contributed by atoms with Crippen LogP contribution in [0.4, 0.5) is 20.2 Å². The molecule has 0 aliphatic rings. The van der Waals surface area contributed by atoms with Gasteiger partial charge in [-0.15, -0.1) is 0 Å². The maximum Gasteiger partial charge on any atom is 0.244 e. The van der Waals surface area contributed by atoms with Crippen molar-refractivity contribution >= 4 is 46.4 Å². The Balaban J connectivity index is 2.26. The van der Waals surface area contributed by atoms with E-state index in [-0.39, 0.29) is 15.7 Å². The molecule has 2 amide bonds. The van der Waals surface area contributed by atoms with Crippen molar-refractivity contribution in [1.82, 2.24) is 0 Å². The molecule has 2 aromatic rings. The molecule has 0 unspecified atom stereocenters. The van der Waals surface area contributed by atoms with Crippen LogP contribution >= 0.6 is 23.2 Å². The number of nitrogens with zero attached hydrogens (tertiary/aromatic N) is 1. The molecular weight excluding hydrogens is 361 g/mol. The number of para-hydroxylation sites is 2. The number of amides is 2. The Labute approximate surface area is 147 Å². The third-order valence-electron chi connectivity index (χ3n) is 3.12. The molecule has 0 saturated heterocycles. The van der Waals surface area contributed by atoms with Crippen LogP contribution in [0.5, 0.6) is 0 Å². The number of hydrogen-bond donors (Lipinski definition) is 1. The average Bonchev–Trinajstić information content (AvgIpc) is 2.49. The molecule has 0 spiro atoms. The summed E-state index contributed by atoms with van der Waals surface area (Å²) >= 11 is 12.1. The van der Waals surface area contributed by atoms with Gasteiger partial charge in [0.25, 0.3) is 0 Å². The minimum Gasteiger partial charge on any atom is -0.320 e. The first kappa shape index (κ1) is 18.2. The van der Waals surface area contributed by atoms with Gasteiger partial charge in [-0.1, -0.05) is 35.3 Å². The van der Waals surface area contributed by atoms with Gasteiger partial charge in [0.15, 0.2) is 0 Å². The quantitative estimate of drug-likeness (QED) is 0.871. The van der Waals surface area contributed by atoms with Crippen LogP contribution in [0.1, 0.15) is 6.92 Å². The summed E-state index contributed by atoms with van der Waals surface area (Å²) in [6.07, 6.45) is 0. The Morgan fingerprint density at radius 2 is 1.54 bits per heavy atom. The zero-order chi connectivity index (χ0) is 17.9. The molecule has 0 fully saturated rings. The van der Waals surface area contributed by atoms with E-state index in [4.69, 9.17) is 23.2 Å². The fraction of sp³-hybridized carbons (Fsp3) is 0.125. The smallest absolute Gasteiger partial charge is 0.244 e. The van der Waals surface area contributed by atoms with E-state index in [2.05, 4.69) is 5.32 Å². The zero-order valence-electron chi connectivity index (χ0n) is 12.4. The van der Waals surface area contributed by atoms with Crippen LogP contribution in [0, 0.1) is 11.6 Å². The lowest BCUT2D eigenvalue weighted by atomic mass is 10.2. The van der Waals surface area contributed by atoms with E-state index in [0.717, 1.165) is 17.0 Å². The number of carbonyl (C=O) groups is 2. The first-order valence-electron chi connectivity index (χ1n) is 6.77. The topological polar surface area (TPSA) is 49.4 Å². The number of benzene rings is 2. The standard InChI is InChI=1S/C16H12Cl2F2N2O2/c1-9(23)22(16-10(17)4-2-5-11(16)18)8-14(24)21-15-12(19)6-3-7-13(15)20/h2-7H,8H2,1H3,(H,21,24). The van der Waals surface area contributed by atoms with Gasteiger partial charge in [0.1, 0.15) is 23.9 Å². The molecule has 0 radical (unpaired) electrons. The third-order valence-corrected chi connectivity index (χ3v) is 3.73. The molecule has 8 heteroatoms. The highest BCUT2D eigenvalue weighted by atomic mass is 35.5. The van der Waals surface area contributed by atoms with Crippen LogP contribution in [0.15, 0.2) is 36.4 Å². The molecule has 0 aliphatic heterocycles. The normalized spacial score (nSPS) is 10.4. The zero-order valence-corrected chi connectivity index (χ0v) is 14.0. The van der Waals surface area contributed by atoms with Crippen molar-refractivity contribution < 1.29 is 18.4 Å². The van der Waals surface area contributed by atoms with E-state index in [1.165, 1.54) is 25.1 Å². The Bertz CT molecular complexity index is 759. The van der Waals surface area contributed by atoms with Gasteiger partial charge in [0.05, 0.1) is 15.7 Å². The largest absolute Gasteiger partial charge is 0.320 e. The summed E-state index contributed by atoms with van der Waals surface area (Å²) in [7, 11) is 0. The van der Waals surface area contributed by atoms with Gasteiger partial charge in [-0.2, -0.15) is 0 Å². The second kappa shape index (κ2) is 7.59. The van der Waals surface area contributed by atoms with Gasteiger partial charge in [0.2, 0.25) is 11.8 Å². The second-order valence-electron chi connectivity index (χ2n) is 4.82. The summed E-state index contributed by atoms with van der Waals surface area (Å²) in [5, 5.41) is 2.44. The minimum atomic E-state index is -0.923. The molecule has 4 nitrogen and oxygen atoms in total. The molecule has 2 rings (SSSR count). The molecule has 0 bridgehead atoms. The summed E-state index contributed by atoms with van der Waals surface area (Å²) in [5.74, 6) is -3.15. The maximum atomic E-state index is 13.6. The summed E-state index contributed by atoms with van der Waals surface area (Å²) in [6, 6.07) is 7.78. The highest BCUT2D eigenvalue weighted by Crippen LogP contribution is 2.33. The van der Waals surface area contributed by atoms with Gasteiger partial charge in [-0.25, -0.2) is 8.78 Å².